The average Bonchev–Trinajstić information content (AvgIpc) is 2.33. The molecule has 2 nitrogen and oxygen atoms in total. The number of halogens is 1. The molecule has 0 N–H and O–H groups in total. The summed E-state index contributed by atoms with van der Waals surface area (Å²) in [7, 11) is 0. The van der Waals surface area contributed by atoms with Crippen LogP contribution in [0.3, 0.4) is 0 Å². The zero-order valence-corrected chi connectivity index (χ0v) is 12.6. The number of hydrogen-bond acceptors (Lipinski definition) is 2. The second-order valence-electron chi connectivity index (χ2n) is 4.78. The van der Waals surface area contributed by atoms with Crippen molar-refractivity contribution in [3.05, 3.63) is 41.7 Å². The van der Waals surface area contributed by atoms with Gasteiger partial charge in [-0.2, -0.15) is 0 Å². The highest BCUT2D eigenvalue weighted by molar-refractivity contribution is 14.1. The Bertz CT molecular complexity index is 462. The fourth-order valence-corrected chi connectivity index (χ4v) is 2.36. The standard InChI is InChI=1S/C14H17IN2/c1-10(2)14(15)9-17-13(8-11(14)3)12-4-6-16-7-5-12/h4-8,10H,9H2,1-3H3/t14-/m1/s1. The van der Waals surface area contributed by atoms with Gasteiger partial charge < -0.3 is 0 Å². The van der Waals surface area contributed by atoms with Crippen molar-refractivity contribution in [1.82, 2.24) is 4.98 Å². The fraction of sp³-hybridized carbons (Fsp3) is 0.429. The van der Waals surface area contributed by atoms with Crippen molar-refractivity contribution in [3.63, 3.8) is 0 Å². The Labute approximate surface area is 116 Å². The third-order valence-corrected chi connectivity index (χ3v) is 5.82. The first-order chi connectivity index (χ1) is 8.04. The average molecular weight is 340 g/mol. The molecular weight excluding hydrogens is 323 g/mol. The van der Waals surface area contributed by atoms with Crippen LogP contribution in [0.25, 0.3) is 0 Å². The summed E-state index contributed by atoms with van der Waals surface area (Å²) >= 11 is 2.55. The molecule has 90 valence electrons. The van der Waals surface area contributed by atoms with Gasteiger partial charge in [-0.15, -0.1) is 0 Å². The minimum Gasteiger partial charge on any atom is -0.283 e. The zero-order chi connectivity index (χ0) is 12.5. The van der Waals surface area contributed by atoms with Crippen molar-refractivity contribution in [1.29, 1.82) is 0 Å². The van der Waals surface area contributed by atoms with Crippen LogP contribution in [0.15, 0.2) is 41.2 Å². The molecule has 0 saturated carbocycles. The Morgan fingerprint density at radius 3 is 2.47 bits per heavy atom. The Morgan fingerprint density at radius 1 is 1.29 bits per heavy atom. The van der Waals surface area contributed by atoms with Gasteiger partial charge in [0.15, 0.2) is 0 Å². The molecule has 0 unspecified atom stereocenters. The van der Waals surface area contributed by atoms with E-state index < -0.39 is 0 Å². The van der Waals surface area contributed by atoms with Crippen LogP contribution >= 0.6 is 22.6 Å². The molecule has 0 spiro atoms. The van der Waals surface area contributed by atoms with Crippen LogP contribution < -0.4 is 0 Å². The van der Waals surface area contributed by atoms with Crippen molar-refractivity contribution in [2.24, 2.45) is 10.9 Å². The molecule has 17 heavy (non-hydrogen) atoms. The first-order valence-electron chi connectivity index (χ1n) is 5.86. The largest absolute Gasteiger partial charge is 0.283 e. The summed E-state index contributed by atoms with van der Waals surface area (Å²) in [5.41, 5.74) is 3.65. The molecule has 0 saturated heterocycles. The second kappa shape index (κ2) is 4.88. The van der Waals surface area contributed by atoms with Gasteiger partial charge in [0.1, 0.15) is 0 Å². The molecule has 2 heterocycles. The van der Waals surface area contributed by atoms with E-state index in [9.17, 15) is 0 Å². The number of alkyl halides is 1. The third-order valence-electron chi connectivity index (χ3n) is 3.38. The highest BCUT2D eigenvalue weighted by Gasteiger charge is 2.34. The van der Waals surface area contributed by atoms with Crippen molar-refractivity contribution in [2.45, 2.75) is 24.2 Å². The predicted molar refractivity (Wildman–Crippen MR) is 81.0 cm³/mol. The molecular formula is C14H17IN2. The van der Waals surface area contributed by atoms with Crippen LogP contribution in [0.1, 0.15) is 26.3 Å². The molecule has 0 fully saturated rings. The smallest absolute Gasteiger partial charge is 0.0649 e. The first kappa shape index (κ1) is 12.7. The van der Waals surface area contributed by atoms with E-state index in [4.69, 9.17) is 4.99 Å². The maximum atomic E-state index is 4.73. The molecule has 0 aliphatic carbocycles. The lowest BCUT2D eigenvalue weighted by Gasteiger charge is -2.34. The number of aromatic nitrogens is 1. The molecule has 1 atom stereocenters. The van der Waals surface area contributed by atoms with Crippen molar-refractivity contribution < 1.29 is 0 Å². The van der Waals surface area contributed by atoms with Crippen LogP contribution in [0.4, 0.5) is 0 Å². The van der Waals surface area contributed by atoms with Crippen LogP contribution in [0.2, 0.25) is 0 Å². The van der Waals surface area contributed by atoms with Gasteiger partial charge in [-0.3, -0.25) is 9.98 Å². The molecule has 1 aliphatic heterocycles. The minimum absolute atomic E-state index is 0.175. The molecule has 0 amide bonds. The summed E-state index contributed by atoms with van der Waals surface area (Å²) in [6.45, 7) is 7.60. The molecule has 0 radical (unpaired) electrons. The first-order valence-corrected chi connectivity index (χ1v) is 6.94. The lowest BCUT2D eigenvalue weighted by molar-refractivity contribution is 0.517. The lowest BCUT2D eigenvalue weighted by Crippen LogP contribution is -2.35. The summed E-state index contributed by atoms with van der Waals surface area (Å²) in [5.74, 6) is 0.599. The van der Waals surface area contributed by atoms with E-state index in [-0.39, 0.29) is 3.42 Å². The monoisotopic (exact) mass is 340 g/mol. The molecule has 2 rings (SSSR count). The van der Waals surface area contributed by atoms with Crippen molar-refractivity contribution in [2.75, 3.05) is 6.54 Å². The second-order valence-corrected chi connectivity index (χ2v) is 6.71. The van der Waals surface area contributed by atoms with Gasteiger partial charge in [0.2, 0.25) is 0 Å². The maximum Gasteiger partial charge on any atom is 0.0649 e. The van der Waals surface area contributed by atoms with E-state index in [2.05, 4.69) is 54.4 Å². The Morgan fingerprint density at radius 2 is 1.94 bits per heavy atom. The van der Waals surface area contributed by atoms with Crippen LogP contribution in [0.5, 0.6) is 0 Å². The molecule has 1 aromatic rings. The number of dihydropyridines is 1. The number of allylic oxidation sites excluding steroid dienone is 1. The fourth-order valence-electron chi connectivity index (χ4n) is 2.03. The molecule has 1 aromatic heterocycles. The zero-order valence-electron chi connectivity index (χ0n) is 10.4. The van der Waals surface area contributed by atoms with Gasteiger partial charge in [-0.05, 0) is 31.1 Å². The maximum absolute atomic E-state index is 4.73. The molecule has 3 heteroatoms. The van der Waals surface area contributed by atoms with Crippen LogP contribution in [0, 0.1) is 5.92 Å². The summed E-state index contributed by atoms with van der Waals surface area (Å²) in [5, 5.41) is 0. The molecule has 0 bridgehead atoms. The highest BCUT2D eigenvalue weighted by Crippen LogP contribution is 2.38. The lowest BCUT2D eigenvalue weighted by atomic mass is 9.86. The summed E-state index contributed by atoms with van der Waals surface area (Å²) in [6, 6.07) is 4.02. The number of rotatable bonds is 2. The third kappa shape index (κ3) is 2.44. The van der Waals surface area contributed by atoms with Crippen molar-refractivity contribution >= 4 is 28.3 Å². The minimum atomic E-state index is 0.175. The Kier molecular flexibility index (Phi) is 3.66. The quantitative estimate of drug-likeness (QED) is 0.596. The van der Waals surface area contributed by atoms with Gasteiger partial charge >= 0.3 is 0 Å². The number of nitrogens with zero attached hydrogens (tertiary/aromatic N) is 2. The van der Waals surface area contributed by atoms with E-state index in [0.717, 1.165) is 17.8 Å². The normalized spacial score (nSPS) is 24.5. The van der Waals surface area contributed by atoms with E-state index in [1.165, 1.54) is 5.57 Å². The van der Waals surface area contributed by atoms with Crippen molar-refractivity contribution in [3.8, 4) is 0 Å². The SMILES string of the molecule is CC1=CC(c2ccncc2)=NC[C@@]1(I)C(C)C. The van der Waals surface area contributed by atoms with Crippen LogP contribution in [-0.4, -0.2) is 20.7 Å². The number of aliphatic imine (C=N–C) groups is 1. The molecule has 1 aliphatic rings. The van der Waals surface area contributed by atoms with E-state index >= 15 is 0 Å². The van der Waals surface area contributed by atoms with Gasteiger partial charge in [0.05, 0.1) is 15.7 Å². The Hall–Kier alpha value is -0.710. The van der Waals surface area contributed by atoms with Crippen LogP contribution in [-0.2, 0) is 0 Å². The number of hydrogen-bond donors (Lipinski definition) is 0. The predicted octanol–water partition coefficient (Wildman–Crippen LogP) is 3.66. The topological polar surface area (TPSA) is 25.2 Å². The van der Waals surface area contributed by atoms with E-state index in [1.54, 1.807) is 0 Å². The van der Waals surface area contributed by atoms with E-state index in [0.29, 0.717) is 5.92 Å². The van der Waals surface area contributed by atoms with Gasteiger partial charge in [-0.1, -0.05) is 42.0 Å². The summed E-state index contributed by atoms with van der Waals surface area (Å²) in [6.07, 6.45) is 5.84. The van der Waals surface area contributed by atoms with Gasteiger partial charge in [0, 0.05) is 18.0 Å². The van der Waals surface area contributed by atoms with Gasteiger partial charge in [0.25, 0.3) is 0 Å². The van der Waals surface area contributed by atoms with E-state index in [1.807, 2.05) is 24.5 Å². The summed E-state index contributed by atoms with van der Waals surface area (Å²) < 4.78 is 0.175. The molecule has 0 aromatic carbocycles. The summed E-state index contributed by atoms with van der Waals surface area (Å²) in [4.78, 5) is 8.77. The highest BCUT2D eigenvalue weighted by atomic mass is 127. The number of pyridine rings is 1. The Balaban J connectivity index is 2.31. The van der Waals surface area contributed by atoms with Gasteiger partial charge in [-0.25, -0.2) is 0 Å².